The third-order valence-corrected chi connectivity index (χ3v) is 2.66. The van der Waals surface area contributed by atoms with E-state index in [1.165, 1.54) is 0 Å². The van der Waals surface area contributed by atoms with Crippen molar-refractivity contribution < 1.29 is 4.79 Å². The van der Waals surface area contributed by atoms with Crippen molar-refractivity contribution in [1.29, 1.82) is 0 Å². The maximum absolute atomic E-state index is 10.8. The molecule has 0 spiro atoms. The lowest BCUT2D eigenvalue weighted by atomic mass is 10.2. The SMILES string of the molecule is Cn1cc(C=O)c2cc(Cl)cc(Cl)c21. The number of halogens is 2. The minimum Gasteiger partial charge on any atom is -0.349 e. The molecule has 0 atom stereocenters. The van der Waals surface area contributed by atoms with Gasteiger partial charge in [0.15, 0.2) is 6.29 Å². The van der Waals surface area contributed by atoms with Crippen molar-refractivity contribution in [3.05, 3.63) is 33.9 Å². The van der Waals surface area contributed by atoms with Gasteiger partial charge in [-0.05, 0) is 12.1 Å². The summed E-state index contributed by atoms with van der Waals surface area (Å²) in [6, 6.07) is 3.41. The maximum atomic E-state index is 10.8. The van der Waals surface area contributed by atoms with Gasteiger partial charge in [0.25, 0.3) is 0 Å². The minimum absolute atomic E-state index is 0.539. The topological polar surface area (TPSA) is 22.0 Å². The Morgan fingerprint density at radius 2 is 2.07 bits per heavy atom. The molecule has 0 aliphatic carbocycles. The van der Waals surface area contributed by atoms with Gasteiger partial charge in [0.05, 0.1) is 10.5 Å². The number of nitrogens with zero attached hydrogens (tertiary/aromatic N) is 1. The smallest absolute Gasteiger partial charge is 0.152 e. The van der Waals surface area contributed by atoms with Crippen LogP contribution in [0.1, 0.15) is 10.4 Å². The molecule has 14 heavy (non-hydrogen) atoms. The van der Waals surface area contributed by atoms with Crippen molar-refractivity contribution in [2.24, 2.45) is 7.05 Å². The largest absolute Gasteiger partial charge is 0.349 e. The van der Waals surface area contributed by atoms with E-state index in [-0.39, 0.29) is 0 Å². The Kier molecular flexibility index (Phi) is 2.25. The first-order valence-electron chi connectivity index (χ1n) is 4.02. The highest BCUT2D eigenvalue weighted by atomic mass is 35.5. The second-order valence-electron chi connectivity index (χ2n) is 3.10. The Balaban J connectivity index is 2.96. The number of aromatic nitrogens is 1. The van der Waals surface area contributed by atoms with Crippen LogP contribution in [0.25, 0.3) is 10.9 Å². The summed E-state index contributed by atoms with van der Waals surface area (Å²) in [4.78, 5) is 10.8. The monoisotopic (exact) mass is 227 g/mol. The molecule has 2 aromatic rings. The Labute approximate surface area is 91.0 Å². The first kappa shape index (κ1) is 9.56. The molecule has 0 unspecified atom stereocenters. The lowest BCUT2D eigenvalue weighted by Gasteiger charge is -1.99. The second kappa shape index (κ2) is 3.30. The zero-order chi connectivity index (χ0) is 10.3. The number of fused-ring (bicyclic) bond motifs is 1. The van der Waals surface area contributed by atoms with Crippen LogP contribution in [0.3, 0.4) is 0 Å². The summed E-state index contributed by atoms with van der Waals surface area (Å²) < 4.78 is 1.82. The van der Waals surface area contributed by atoms with Gasteiger partial charge in [-0.15, -0.1) is 0 Å². The fraction of sp³-hybridized carbons (Fsp3) is 0.100. The first-order chi connectivity index (χ1) is 6.63. The fourth-order valence-electron chi connectivity index (χ4n) is 1.58. The standard InChI is InChI=1S/C10H7Cl2NO/c1-13-4-6(5-14)8-2-7(11)3-9(12)10(8)13/h2-5H,1H3. The molecule has 0 bridgehead atoms. The summed E-state index contributed by atoms with van der Waals surface area (Å²) in [5.41, 5.74) is 1.44. The van der Waals surface area contributed by atoms with Gasteiger partial charge < -0.3 is 4.57 Å². The highest BCUT2D eigenvalue weighted by Crippen LogP contribution is 2.30. The summed E-state index contributed by atoms with van der Waals surface area (Å²) in [5, 5.41) is 1.89. The predicted molar refractivity (Wildman–Crippen MR) is 58.3 cm³/mol. The maximum Gasteiger partial charge on any atom is 0.152 e. The quantitative estimate of drug-likeness (QED) is 0.686. The number of hydrogen-bond donors (Lipinski definition) is 0. The summed E-state index contributed by atoms with van der Waals surface area (Å²) in [5.74, 6) is 0. The molecular formula is C10H7Cl2NO. The molecule has 1 heterocycles. The van der Waals surface area contributed by atoms with Crippen LogP contribution in [0.4, 0.5) is 0 Å². The molecule has 0 radical (unpaired) electrons. The third-order valence-electron chi connectivity index (χ3n) is 2.15. The molecule has 1 aromatic carbocycles. The molecule has 72 valence electrons. The molecule has 4 heteroatoms. The number of hydrogen-bond acceptors (Lipinski definition) is 1. The molecule has 0 saturated carbocycles. The Bertz CT molecular complexity index is 516. The van der Waals surface area contributed by atoms with Gasteiger partial charge in [0, 0.05) is 29.2 Å². The number of aldehydes is 1. The summed E-state index contributed by atoms with van der Waals surface area (Å²) in [7, 11) is 1.84. The highest BCUT2D eigenvalue weighted by Gasteiger charge is 2.09. The van der Waals surface area contributed by atoms with Gasteiger partial charge in [-0.3, -0.25) is 4.79 Å². The molecule has 0 N–H and O–H groups in total. The van der Waals surface area contributed by atoms with Gasteiger partial charge in [-0.2, -0.15) is 0 Å². The van der Waals surface area contributed by atoms with E-state index in [0.29, 0.717) is 15.6 Å². The van der Waals surface area contributed by atoms with Gasteiger partial charge in [0.1, 0.15) is 0 Å². The van der Waals surface area contributed by atoms with E-state index >= 15 is 0 Å². The second-order valence-corrected chi connectivity index (χ2v) is 3.94. The summed E-state index contributed by atoms with van der Waals surface area (Å²) >= 11 is 11.9. The van der Waals surface area contributed by atoms with E-state index in [4.69, 9.17) is 23.2 Å². The molecule has 0 saturated heterocycles. The van der Waals surface area contributed by atoms with Crippen LogP contribution in [0, 0.1) is 0 Å². The van der Waals surface area contributed by atoms with Crippen LogP contribution in [-0.2, 0) is 7.05 Å². The number of aryl methyl sites for hydroxylation is 1. The lowest BCUT2D eigenvalue weighted by Crippen LogP contribution is -1.84. The van der Waals surface area contributed by atoms with Crippen molar-refractivity contribution in [2.45, 2.75) is 0 Å². The van der Waals surface area contributed by atoms with Crippen LogP contribution >= 0.6 is 23.2 Å². The minimum atomic E-state index is 0.539. The molecule has 0 amide bonds. The predicted octanol–water partition coefficient (Wildman–Crippen LogP) is 3.30. The van der Waals surface area contributed by atoms with Gasteiger partial charge in [-0.1, -0.05) is 23.2 Å². The molecule has 0 aliphatic rings. The van der Waals surface area contributed by atoms with Gasteiger partial charge in [0.2, 0.25) is 0 Å². The normalized spacial score (nSPS) is 10.8. The van der Waals surface area contributed by atoms with E-state index in [1.807, 2.05) is 11.6 Å². The van der Waals surface area contributed by atoms with Crippen molar-refractivity contribution in [3.8, 4) is 0 Å². The van der Waals surface area contributed by atoms with Crippen LogP contribution in [0.15, 0.2) is 18.3 Å². The van der Waals surface area contributed by atoms with Crippen LogP contribution in [0.5, 0.6) is 0 Å². The molecule has 2 nitrogen and oxygen atoms in total. The van der Waals surface area contributed by atoms with E-state index < -0.39 is 0 Å². The molecule has 1 aromatic heterocycles. The average Bonchev–Trinajstić information content (AvgIpc) is 2.42. The zero-order valence-corrected chi connectivity index (χ0v) is 8.93. The lowest BCUT2D eigenvalue weighted by molar-refractivity contribution is 0.112. The van der Waals surface area contributed by atoms with E-state index in [1.54, 1.807) is 18.3 Å². The third kappa shape index (κ3) is 1.31. The van der Waals surface area contributed by atoms with Crippen LogP contribution < -0.4 is 0 Å². The Hall–Kier alpha value is -0.990. The molecular weight excluding hydrogens is 221 g/mol. The summed E-state index contributed by atoms with van der Waals surface area (Å²) in [6.45, 7) is 0. The Morgan fingerprint density at radius 3 is 2.71 bits per heavy atom. The fourth-order valence-corrected chi connectivity index (χ4v) is 2.21. The van der Waals surface area contributed by atoms with Crippen molar-refractivity contribution >= 4 is 40.4 Å². The van der Waals surface area contributed by atoms with Crippen molar-refractivity contribution in [3.63, 3.8) is 0 Å². The van der Waals surface area contributed by atoms with Crippen molar-refractivity contribution in [2.75, 3.05) is 0 Å². The van der Waals surface area contributed by atoms with E-state index in [0.717, 1.165) is 17.2 Å². The molecule has 0 fully saturated rings. The average molecular weight is 228 g/mol. The van der Waals surface area contributed by atoms with Crippen molar-refractivity contribution in [1.82, 2.24) is 4.57 Å². The zero-order valence-electron chi connectivity index (χ0n) is 7.42. The molecule has 0 aliphatic heterocycles. The number of carbonyl (C=O) groups is 1. The Morgan fingerprint density at radius 1 is 1.36 bits per heavy atom. The van der Waals surface area contributed by atoms with Crippen LogP contribution in [-0.4, -0.2) is 10.9 Å². The first-order valence-corrected chi connectivity index (χ1v) is 4.78. The van der Waals surface area contributed by atoms with E-state index in [2.05, 4.69) is 0 Å². The number of rotatable bonds is 1. The highest BCUT2D eigenvalue weighted by molar-refractivity contribution is 6.38. The van der Waals surface area contributed by atoms with E-state index in [9.17, 15) is 4.79 Å². The van der Waals surface area contributed by atoms with Gasteiger partial charge >= 0.3 is 0 Å². The number of carbonyl (C=O) groups excluding carboxylic acids is 1. The number of benzene rings is 1. The van der Waals surface area contributed by atoms with Gasteiger partial charge in [-0.25, -0.2) is 0 Å². The summed E-state index contributed by atoms with van der Waals surface area (Å²) in [6.07, 6.45) is 2.54. The van der Waals surface area contributed by atoms with Crippen LogP contribution in [0.2, 0.25) is 10.0 Å². The molecule has 2 rings (SSSR count).